The molecule has 32 heavy (non-hydrogen) atoms. The number of nitro benzene ring substituents is 1. The van der Waals surface area contributed by atoms with E-state index in [-0.39, 0.29) is 16.3 Å². The molecule has 0 amide bonds. The average Bonchev–Trinajstić information content (AvgIpc) is 2.74. The fourth-order valence-corrected chi connectivity index (χ4v) is 3.47. The normalized spacial score (nSPS) is 12.2. The van der Waals surface area contributed by atoms with Gasteiger partial charge in [-0.25, -0.2) is 9.78 Å². The van der Waals surface area contributed by atoms with Gasteiger partial charge in [-0.15, -0.1) is 0 Å². The number of benzene rings is 2. The lowest BCUT2D eigenvalue weighted by atomic mass is 10.2. The molecule has 0 saturated heterocycles. The van der Waals surface area contributed by atoms with Gasteiger partial charge in [0.05, 0.1) is 34.2 Å². The number of halogens is 2. The molecule has 0 aliphatic carbocycles. The molecule has 1 aromatic heterocycles. The zero-order chi connectivity index (χ0) is 23.6. The van der Waals surface area contributed by atoms with Crippen molar-refractivity contribution >= 4 is 56.3 Å². The van der Waals surface area contributed by atoms with Crippen LogP contribution < -0.4 is 10.3 Å². The molecule has 1 heterocycles. The first-order chi connectivity index (χ1) is 15.1. The minimum Gasteiger partial charge on any atom is -0.471 e. The second-order valence-corrected chi connectivity index (χ2v) is 7.90. The van der Waals surface area contributed by atoms with Gasteiger partial charge in [-0.3, -0.25) is 14.9 Å². The van der Waals surface area contributed by atoms with Gasteiger partial charge in [0.15, 0.2) is 6.10 Å². The Hall–Kier alpha value is -3.31. The molecule has 0 unspecified atom stereocenters. The van der Waals surface area contributed by atoms with Crippen molar-refractivity contribution in [1.29, 1.82) is 0 Å². The van der Waals surface area contributed by atoms with Crippen molar-refractivity contribution in [3.8, 4) is 5.75 Å². The van der Waals surface area contributed by atoms with Crippen molar-refractivity contribution in [3.05, 3.63) is 71.7 Å². The van der Waals surface area contributed by atoms with E-state index in [0.29, 0.717) is 21.2 Å². The van der Waals surface area contributed by atoms with Crippen LogP contribution in [-0.2, 0) is 9.53 Å². The first kappa shape index (κ1) is 23.4. The van der Waals surface area contributed by atoms with Crippen LogP contribution in [0.5, 0.6) is 5.75 Å². The quantitative estimate of drug-likeness (QED) is 0.208. The van der Waals surface area contributed by atoms with Crippen LogP contribution in [0.1, 0.15) is 18.3 Å². The van der Waals surface area contributed by atoms with Crippen LogP contribution in [0.25, 0.3) is 10.9 Å². The maximum Gasteiger partial charge on any atom is 0.346 e. The predicted molar refractivity (Wildman–Crippen MR) is 122 cm³/mol. The number of carbonyl (C=O) groups is 1. The number of hydrogen-bond acceptors (Lipinski definition) is 8. The van der Waals surface area contributed by atoms with Gasteiger partial charge >= 0.3 is 11.7 Å². The summed E-state index contributed by atoms with van der Waals surface area (Å²) in [5, 5.41) is 15.9. The van der Waals surface area contributed by atoms with E-state index in [9.17, 15) is 19.7 Å². The number of carbonyl (C=O) groups excluding carboxylic acids is 1. The summed E-state index contributed by atoms with van der Waals surface area (Å²) in [4.78, 5) is 39.6. The van der Waals surface area contributed by atoms with Crippen LogP contribution in [0.2, 0.25) is 5.02 Å². The number of methoxy groups -OCH3 is 1. The SMILES string of the molecule is COC(=O)[C@@H](C)Oc1c(Cl)cc(C=Nn2c(C)nc3ccc(Br)cc3c2=O)cc1[N+](=O)[O-]. The standard InChI is InChI=1S/C20H16BrClN4O6/c1-10(20(28)31-3)32-18-15(22)6-12(7-17(18)26(29)30)9-23-25-11(2)24-16-5-4-13(21)8-14(16)19(25)27/h4-10H,1-3H3/t10-/m1/s1. The molecule has 12 heteroatoms. The van der Waals surface area contributed by atoms with Gasteiger partial charge in [-0.2, -0.15) is 9.78 Å². The Morgan fingerprint density at radius 1 is 1.38 bits per heavy atom. The highest BCUT2D eigenvalue weighted by molar-refractivity contribution is 9.10. The maximum atomic E-state index is 12.8. The fraction of sp³-hybridized carbons (Fsp3) is 0.200. The number of ether oxygens (including phenoxy) is 2. The Labute approximate surface area is 194 Å². The first-order valence-electron chi connectivity index (χ1n) is 9.08. The molecule has 3 rings (SSSR count). The Morgan fingerprint density at radius 3 is 2.75 bits per heavy atom. The van der Waals surface area contributed by atoms with Gasteiger partial charge in [-0.05, 0) is 38.1 Å². The van der Waals surface area contributed by atoms with Crippen molar-refractivity contribution in [3.63, 3.8) is 0 Å². The minimum absolute atomic E-state index is 0.110. The van der Waals surface area contributed by atoms with E-state index in [1.807, 2.05) is 0 Å². The van der Waals surface area contributed by atoms with E-state index in [1.54, 1.807) is 25.1 Å². The average molecular weight is 524 g/mol. The molecule has 2 aromatic carbocycles. The summed E-state index contributed by atoms with van der Waals surface area (Å²) in [5.74, 6) is -0.669. The number of aryl methyl sites for hydroxylation is 1. The van der Waals surface area contributed by atoms with E-state index in [2.05, 4.69) is 30.8 Å². The Bertz CT molecular complexity index is 1320. The number of esters is 1. The van der Waals surface area contributed by atoms with E-state index in [1.165, 1.54) is 32.4 Å². The van der Waals surface area contributed by atoms with Crippen LogP contribution in [0.15, 0.2) is 44.7 Å². The number of aromatic nitrogens is 2. The number of fused-ring (bicyclic) bond motifs is 1. The topological polar surface area (TPSA) is 126 Å². The zero-order valence-corrected chi connectivity index (χ0v) is 19.4. The van der Waals surface area contributed by atoms with E-state index < -0.39 is 28.2 Å². The van der Waals surface area contributed by atoms with Gasteiger partial charge in [0.1, 0.15) is 5.82 Å². The van der Waals surface area contributed by atoms with Crippen molar-refractivity contribution < 1.29 is 19.2 Å². The van der Waals surface area contributed by atoms with Crippen LogP contribution in [0, 0.1) is 17.0 Å². The Kier molecular flexibility index (Phi) is 6.90. The lowest BCUT2D eigenvalue weighted by Gasteiger charge is -2.14. The van der Waals surface area contributed by atoms with Crippen molar-refractivity contribution in [2.24, 2.45) is 5.10 Å². The molecule has 0 radical (unpaired) electrons. The third-order valence-electron chi connectivity index (χ3n) is 4.36. The lowest BCUT2D eigenvalue weighted by Crippen LogP contribution is -2.25. The van der Waals surface area contributed by atoms with Crippen molar-refractivity contribution in [2.75, 3.05) is 7.11 Å². The summed E-state index contributed by atoms with van der Waals surface area (Å²) in [5.41, 5.74) is -0.126. The second-order valence-electron chi connectivity index (χ2n) is 6.57. The molecule has 0 spiro atoms. The van der Waals surface area contributed by atoms with Crippen LogP contribution >= 0.6 is 27.5 Å². The van der Waals surface area contributed by atoms with Gasteiger partial charge in [0.25, 0.3) is 5.56 Å². The molecule has 0 N–H and O–H groups in total. The zero-order valence-electron chi connectivity index (χ0n) is 17.0. The highest BCUT2D eigenvalue weighted by atomic mass is 79.9. The van der Waals surface area contributed by atoms with Gasteiger partial charge in [0.2, 0.25) is 5.75 Å². The molecule has 166 valence electrons. The van der Waals surface area contributed by atoms with Crippen molar-refractivity contribution in [1.82, 2.24) is 9.66 Å². The van der Waals surface area contributed by atoms with Crippen molar-refractivity contribution in [2.45, 2.75) is 20.0 Å². The molecule has 0 saturated carbocycles. The molecule has 0 bridgehead atoms. The second kappa shape index (κ2) is 9.45. The molecule has 1 atom stereocenters. The summed E-state index contributed by atoms with van der Waals surface area (Å²) >= 11 is 9.50. The van der Waals surface area contributed by atoms with Gasteiger partial charge < -0.3 is 9.47 Å². The van der Waals surface area contributed by atoms with Crippen LogP contribution in [0.3, 0.4) is 0 Å². The minimum atomic E-state index is -1.11. The molecule has 0 fully saturated rings. The smallest absolute Gasteiger partial charge is 0.346 e. The summed E-state index contributed by atoms with van der Waals surface area (Å²) in [6.07, 6.45) is 0.131. The molecule has 0 aliphatic rings. The number of rotatable bonds is 6. The van der Waals surface area contributed by atoms with E-state index >= 15 is 0 Å². The molecular weight excluding hydrogens is 508 g/mol. The number of hydrogen-bond donors (Lipinski definition) is 0. The summed E-state index contributed by atoms with van der Waals surface area (Å²) in [7, 11) is 1.17. The van der Waals surface area contributed by atoms with Crippen LogP contribution in [-0.4, -0.2) is 40.0 Å². The lowest BCUT2D eigenvalue weighted by molar-refractivity contribution is -0.386. The third kappa shape index (κ3) is 4.78. The van der Waals surface area contributed by atoms with Gasteiger partial charge in [0, 0.05) is 16.1 Å². The maximum absolute atomic E-state index is 12.8. The molecule has 3 aromatic rings. The third-order valence-corrected chi connectivity index (χ3v) is 5.14. The summed E-state index contributed by atoms with van der Waals surface area (Å²) < 4.78 is 11.7. The van der Waals surface area contributed by atoms with E-state index in [0.717, 1.165) is 4.68 Å². The first-order valence-corrected chi connectivity index (χ1v) is 10.2. The molecule has 10 nitrogen and oxygen atoms in total. The highest BCUT2D eigenvalue weighted by Crippen LogP contribution is 2.36. The van der Waals surface area contributed by atoms with Crippen LogP contribution in [0.4, 0.5) is 5.69 Å². The summed E-state index contributed by atoms with van der Waals surface area (Å²) in [6.45, 7) is 2.99. The molecule has 0 aliphatic heterocycles. The predicted octanol–water partition coefficient (Wildman–Crippen LogP) is 3.85. The summed E-state index contributed by atoms with van der Waals surface area (Å²) in [6, 6.07) is 7.64. The highest BCUT2D eigenvalue weighted by Gasteiger charge is 2.25. The molecular formula is C20H16BrClN4O6. The Morgan fingerprint density at radius 2 is 2.09 bits per heavy atom. The van der Waals surface area contributed by atoms with Gasteiger partial charge in [-0.1, -0.05) is 27.5 Å². The number of nitro groups is 1. The monoisotopic (exact) mass is 522 g/mol. The largest absolute Gasteiger partial charge is 0.471 e. The fourth-order valence-electron chi connectivity index (χ4n) is 2.84. The Balaban J connectivity index is 2.04. The number of nitrogens with zero attached hydrogens (tertiary/aromatic N) is 4. The van der Waals surface area contributed by atoms with E-state index in [4.69, 9.17) is 16.3 Å².